The predicted molar refractivity (Wildman–Crippen MR) is 101 cm³/mol. The molecule has 0 saturated heterocycles. The molecule has 23 heavy (non-hydrogen) atoms. The first-order chi connectivity index (χ1) is 10.8. The van der Waals surface area contributed by atoms with Crippen LogP contribution in [0.25, 0.3) is 0 Å². The van der Waals surface area contributed by atoms with Gasteiger partial charge in [0.15, 0.2) is 0 Å². The van der Waals surface area contributed by atoms with Gasteiger partial charge in [-0.1, -0.05) is 0 Å². The molecule has 0 aliphatic rings. The summed E-state index contributed by atoms with van der Waals surface area (Å²) in [5, 5.41) is 0. The fourth-order valence-corrected chi connectivity index (χ4v) is 7.50. The van der Waals surface area contributed by atoms with Crippen molar-refractivity contribution < 1.29 is 3.10 Å². The van der Waals surface area contributed by atoms with E-state index in [0.29, 0.717) is 17.8 Å². The zero-order valence-electron chi connectivity index (χ0n) is 15.1. The van der Waals surface area contributed by atoms with Crippen molar-refractivity contribution in [3.63, 3.8) is 0 Å². The SMILES string of the molecule is CC(C)c1cc(C(C)C)c([Te](=O)c2ccccc2)c(C(C)C)c1. The van der Waals surface area contributed by atoms with E-state index in [4.69, 9.17) is 0 Å². The Morgan fingerprint density at radius 2 is 1.22 bits per heavy atom. The summed E-state index contributed by atoms with van der Waals surface area (Å²) in [6.45, 7) is 13.3. The number of hydrogen-bond donors (Lipinski definition) is 0. The maximum absolute atomic E-state index is 13.4. The Kier molecular flexibility index (Phi) is 6.18. The topological polar surface area (TPSA) is 17.1 Å². The Bertz CT molecular complexity index is 655. The summed E-state index contributed by atoms with van der Waals surface area (Å²) >= 11 is -2.77. The van der Waals surface area contributed by atoms with Gasteiger partial charge in [-0.25, -0.2) is 0 Å². The monoisotopic (exact) mass is 426 g/mol. The van der Waals surface area contributed by atoms with Gasteiger partial charge in [0, 0.05) is 0 Å². The second-order valence-corrected chi connectivity index (χ2v) is 11.1. The molecular weight excluding hydrogens is 396 g/mol. The Labute approximate surface area is 148 Å². The normalized spacial score (nSPS) is 11.9. The molecule has 0 atom stereocenters. The Morgan fingerprint density at radius 3 is 1.61 bits per heavy atom. The van der Waals surface area contributed by atoms with E-state index in [1.165, 1.54) is 16.7 Å². The van der Waals surface area contributed by atoms with Gasteiger partial charge in [0.05, 0.1) is 0 Å². The van der Waals surface area contributed by atoms with Crippen molar-refractivity contribution in [2.75, 3.05) is 0 Å². The van der Waals surface area contributed by atoms with Gasteiger partial charge in [-0.2, -0.15) is 0 Å². The summed E-state index contributed by atoms with van der Waals surface area (Å²) in [4.78, 5) is 0. The molecule has 0 fully saturated rings. The van der Waals surface area contributed by atoms with Crippen LogP contribution in [-0.4, -0.2) is 19.5 Å². The summed E-state index contributed by atoms with van der Waals surface area (Å²) in [6, 6.07) is 14.6. The van der Waals surface area contributed by atoms with Crippen molar-refractivity contribution in [2.45, 2.75) is 59.3 Å². The summed E-state index contributed by atoms with van der Waals surface area (Å²) in [6.07, 6.45) is 0. The molecule has 2 heteroatoms. The molecule has 0 bridgehead atoms. The predicted octanol–water partition coefficient (Wildman–Crippen LogP) is 4.59. The number of benzene rings is 2. The molecule has 0 aliphatic heterocycles. The van der Waals surface area contributed by atoms with Crippen molar-refractivity contribution in [3.8, 4) is 0 Å². The van der Waals surface area contributed by atoms with Gasteiger partial charge in [0.25, 0.3) is 0 Å². The van der Waals surface area contributed by atoms with Crippen molar-refractivity contribution in [3.05, 3.63) is 59.2 Å². The third-order valence-corrected chi connectivity index (χ3v) is 8.62. The second-order valence-electron chi connectivity index (χ2n) is 7.07. The summed E-state index contributed by atoms with van der Waals surface area (Å²) in [5.74, 6) is 1.27. The zero-order chi connectivity index (χ0) is 17.1. The molecule has 124 valence electrons. The van der Waals surface area contributed by atoms with Crippen LogP contribution in [0.4, 0.5) is 0 Å². The molecule has 0 N–H and O–H groups in total. The van der Waals surface area contributed by atoms with E-state index in [1.54, 1.807) is 0 Å². The zero-order valence-corrected chi connectivity index (χ0v) is 17.4. The third-order valence-electron chi connectivity index (χ3n) is 4.22. The van der Waals surface area contributed by atoms with Gasteiger partial charge in [-0.3, -0.25) is 0 Å². The van der Waals surface area contributed by atoms with Crippen molar-refractivity contribution >= 4 is 26.8 Å². The average molecular weight is 424 g/mol. The third kappa shape index (κ3) is 4.11. The fraction of sp³-hybridized carbons (Fsp3) is 0.429. The quantitative estimate of drug-likeness (QED) is 0.642. The van der Waals surface area contributed by atoms with Crippen LogP contribution in [-0.2, 0) is 3.10 Å². The molecule has 2 aromatic rings. The number of hydrogen-bond acceptors (Lipinski definition) is 1. The fourth-order valence-electron chi connectivity index (χ4n) is 2.77. The van der Waals surface area contributed by atoms with Crippen molar-refractivity contribution in [1.82, 2.24) is 0 Å². The average Bonchev–Trinajstić information content (AvgIpc) is 2.53. The molecule has 0 amide bonds. The number of rotatable bonds is 5. The van der Waals surface area contributed by atoms with Crippen LogP contribution < -0.4 is 7.22 Å². The Balaban J connectivity index is 2.71. The minimum absolute atomic E-state index is 0.391. The molecule has 0 spiro atoms. The molecule has 0 aromatic heterocycles. The van der Waals surface area contributed by atoms with Crippen LogP contribution >= 0.6 is 0 Å². The van der Waals surface area contributed by atoms with Crippen LogP contribution in [0.1, 0.15) is 76.0 Å². The van der Waals surface area contributed by atoms with Crippen molar-refractivity contribution in [1.29, 1.82) is 0 Å². The molecular formula is C21H28OTe. The Hall–Kier alpha value is -0.970. The van der Waals surface area contributed by atoms with E-state index >= 15 is 0 Å². The van der Waals surface area contributed by atoms with E-state index in [-0.39, 0.29) is 0 Å². The first-order valence-electron chi connectivity index (χ1n) is 8.47. The van der Waals surface area contributed by atoms with Gasteiger partial charge >= 0.3 is 148 Å². The Morgan fingerprint density at radius 1 is 0.739 bits per heavy atom. The molecule has 0 aliphatic carbocycles. The van der Waals surface area contributed by atoms with Crippen LogP contribution in [0.5, 0.6) is 0 Å². The summed E-state index contributed by atoms with van der Waals surface area (Å²) in [7, 11) is 0. The van der Waals surface area contributed by atoms with E-state index in [1.807, 2.05) is 30.3 Å². The van der Waals surface area contributed by atoms with E-state index in [2.05, 4.69) is 53.7 Å². The summed E-state index contributed by atoms with van der Waals surface area (Å²) in [5.41, 5.74) is 3.94. The summed E-state index contributed by atoms with van der Waals surface area (Å²) < 4.78 is 15.6. The minimum atomic E-state index is -2.77. The van der Waals surface area contributed by atoms with Gasteiger partial charge in [-0.05, 0) is 0 Å². The maximum atomic E-state index is 13.4. The second kappa shape index (κ2) is 7.73. The first-order valence-corrected chi connectivity index (χ1v) is 11.8. The van der Waals surface area contributed by atoms with E-state index in [9.17, 15) is 3.10 Å². The van der Waals surface area contributed by atoms with Crippen LogP contribution in [0.15, 0.2) is 42.5 Å². The first kappa shape index (κ1) is 18.4. The van der Waals surface area contributed by atoms with E-state index < -0.39 is 19.5 Å². The van der Waals surface area contributed by atoms with Crippen LogP contribution in [0.3, 0.4) is 0 Å². The van der Waals surface area contributed by atoms with Gasteiger partial charge < -0.3 is 0 Å². The molecule has 2 rings (SSSR count). The molecule has 0 heterocycles. The van der Waals surface area contributed by atoms with Gasteiger partial charge in [-0.15, -0.1) is 0 Å². The van der Waals surface area contributed by atoms with Crippen LogP contribution in [0, 0.1) is 0 Å². The molecule has 0 radical (unpaired) electrons. The van der Waals surface area contributed by atoms with Gasteiger partial charge in [0.1, 0.15) is 0 Å². The molecule has 2 aromatic carbocycles. The van der Waals surface area contributed by atoms with E-state index in [0.717, 1.165) is 7.22 Å². The standard InChI is InChI=1S/C21H28OTe/c1-14(2)17-12-19(15(3)4)21(20(13-17)16(5)6)23(22)18-10-8-7-9-11-18/h7-16H,1-6H3. The molecule has 0 saturated carbocycles. The molecule has 0 unspecified atom stereocenters. The molecule has 1 nitrogen and oxygen atoms in total. The van der Waals surface area contributed by atoms with Crippen LogP contribution in [0.2, 0.25) is 0 Å². The van der Waals surface area contributed by atoms with Gasteiger partial charge in [0.2, 0.25) is 0 Å². The van der Waals surface area contributed by atoms with Crippen molar-refractivity contribution in [2.24, 2.45) is 0 Å².